The maximum absolute atomic E-state index is 10.1. The van der Waals surface area contributed by atoms with Crippen LogP contribution in [0.3, 0.4) is 0 Å². The van der Waals surface area contributed by atoms with E-state index < -0.39 is 5.60 Å². The molecule has 0 heterocycles. The fourth-order valence-corrected chi connectivity index (χ4v) is 2.22. The molecule has 1 heteroatoms. The van der Waals surface area contributed by atoms with Crippen LogP contribution in [-0.4, -0.2) is 10.7 Å². The van der Waals surface area contributed by atoms with Crippen molar-refractivity contribution in [3.8, 4) is 11.8 Å². The number of aliphatic hydroxyl groups is 1. The predicted molar refractivity (Wildman–Crippen MR) is 55.3 cm³/mol. The molecule has 0 aromatic heterocycles. The summed E-state index contributed by atoms with van der Waals surface area (Å²) in [6.45, 7) is 3.86. The highest BCUT2D eigenvalue weighted by Crippen LogP contribution is 2.35. The summed E-state index contributed by atoms with van der Waals surface area (Å²) in [5.74, 6) is 6.45. The summed E-state index contributed by atoms with van der Waals surface area (Å²) < 4.78 is 0. The first-order chi connectivity index (χ1) is 6.17. The van der Waals surface area contributed by atoms with Crippen LogP contribution in [0.2, 0.25) is 0 Å². The van der Waals surface area contributed by atoms with Crippen LogP contribution < -0.4 is 0 Å². The lowest BCUT2D eigenvalue weighted by molar-refractivity contribution is -0.0342. The number of rotatable bonds is 2. The van der Waals surface area contributed by atoms with Gasteiger partial charge >= 0.3 is 0 Å². The SMILES string of the molecule is CC#CCC[C@@H]1CCCC[C@@]1(C)O. The van der Waals surface area contributed by atoms with Crippen molar-refractivity contribution in [2.45, 2.75) is 58.0 Å². The highest BCUT2D eigenvalue weighted by molar-refractivity contribution is 4.97. The first-order valence-electron chi connectivity index (χ1n) is 5.29. The minimum absolute atomic E-state index is 0.423. The monoisotopic (exact) mass is 180 g/mol. The Kier molecular flexibility index (Phi) is 3.81. The van der Waals surface area contributed by atoms with Gasteiger partial charge in [0.25, 0.3) is 0 Å². The van der Waals surface area contributed by atoms with Crippen LogP contribution in [0, 0.1) is 17.8 Å². The van der Waals surface area contributed by atoms with E-state index in [-0.39, 0.29) is 0 Å². The second kappa shape index (κ2) is 4.67. The van der Waals surface area contributed by atoms with Crippen LogP contribution >= 0.6 is 0 Å². The van der Waals surface area contributed by atoms with E-state index in [4.69, 9.17) is 0 Å². The van der Waals surface area contributed by atoms with Gasteiger partial charge in [0.1, 0.15) is 0 Å². The Morgan fingerprint density at radius 2 is 2.23 bits per heavy atom. The molecule has 0 aromatic rings. The van der Waals surface area contributed by atoms with E-state index in [1.807, 2.05) is 13.8 Å². The zero-order valence-electron chi connectivity index (χ0n) is 8.77. The molecular weight excluding hydrogens is 160 g/mol. The maximum Gasteiger partial charge on any atom is 0.0648 e. The van der Waals surface area contributed by atoms with Crippen molar-refractivity contribution in [3.63, 3.8) is 0 Å². The second-order valence-corrected chi connectivity index (χ2v) is 4.27. The van der Waals surface area contributed by atoms with E-state index in [2.05, 4.69) is 11.8 Å². The van der Waals surface area contributed by atoms with Crippen LogP contribution in [0.4, 0.5) is 0 Å². The smallest absolute Gasteiger partial charge is 0.0648 e. The molecule has 0 radical (unpaired) electrons. The van der Waals surface area contributed by atoms with Gasteiger partial charge in [-0.05, 0) is 39.0 Å². The molecule has 0 aromatic carbocycles. The molecule has 0 bridgehead atoms. The third-order valence-electron chi connectivity index (χ3n) is 3.16. The van der Waals surface area contributed by atoms with Gasteiger partial charge in [0.2, 0.25) is 0 Å². The van der Waals surface area contributed by atoms with E-state index in [0.717, 1.165) is 19.3 Å². The summed E-state index contributed by atoms with van der Waals surface area (Å²) in [6, 6.07) is 0. The number of hydrogen-bond donors (Lipinski definition) is 1. The molecule has 0 amide bonds. The van der Waals surface area contributed by atoms with Crippen molar-refractivity contribution >= 4 is 0 Å². The molecule has 1 nitrogen and oxygen atoms in total. The highest BCUT2D eigenvalue weighted by Gasteiger charge is 2.33. The summed E-state index contributed by atoms with van der Waals surface area (Å²) in [5.41, 5.74) is -0.423. The van der Waals surface area contributed by atoms with Crippen molar-refractivity contribution in [3.05, 3.63) is 0 Å². The van der Waals surface area contributed by atoms with Crippen molar-refractivity contribution in [2.24, 2.45) is 5.92 Å². The third-order valence-corrected chi connectivity index (χ3v) is 3.16. The Balaban J connectivity index is 2.40. The molecule has 1 N–H and O–H groups in total. The third kappa shape index (κ3) is 3.04. The van der Waals surface area contributed by atoms with Crippen molar-refractivity contribution in [1.82, 2.24) is 0 Å². The lowest BCUT2D eigenvalue weighted by atomic mass is 9.74. The summed E-state index contributed by atoms with van der Waals surface area (Å²) in [5, 5.41) is 10.1. The van der Waals surface area contributed by atoms with Crippen LogP contribution in [0.1, 0.15) is 52.4 Å². The fraction of sp³-hybridized carbons (Fsp3) is 0.833. The molecule has 1 aliphatic carbocycles. The minimum Gasteiger partial charge on any atom is -0.390 e. The van der Waals surface area contributed by atoms with Crippen molar-refractivity contribution in [2.75, 3.05) is 0 Å². The van der Waals surface area contributed by atoms with Gasteiger partial charge in [-0.25, -0.2) is 0 Å². The largest absolute Gasteiger partial charge is 0.390 e. The van der Waals surface area contributed by atoms with Gasteiger partial charge in [-0.2, -0.15) is 0 Å². The Morgan fingerprint density at radius 1 is 1.46 bits per heavy atom. The molecule has 74 valence electrons. The van der Waals surface area contributed by atoms with Gasteiger partial charge in [-0.3, -0.25) is 0 Å². The molecule has 1 fully saturated rings. The molecular formula is C12H20O. The van der Waals surface area contributed by atoms with E-state index in [1.54, 1.807) is 0 Å². The van der Waals surface area contributed by atoms with Gasteiger partial charge in [0.15, 0.2) is 0 Å². The van der Waals surface area contributed by atoms with E-state index >= 15 is 0 Å². The second-order valence-electron chi connectivity index (χ2n) is 4.27. The number of hydrogen-bond acceptors (Lipinski definition) is 1. The van der Waals surface area contributed by atoms with Crippen molar-refractivity contribution < 1.29 is 5.11 Å². The van der Waals surface area contributed by atoms with Gasteiger partial charge in [0.05, 0.1) is 5.60 Å². The summed E-state index contributed by atoms with van der Waals surface area (Å²) in [4.78, 5) is 0. The summed E-state index contributed by atoms with van der Waals surface area (Å²) in [7, 11) is 0. The van der Waals surface area contributed by atoms with E-state index in [9.17, 15) is 5.11 Å². The van der Waals surface area contributed by atoms with E-state index in [0.29, 0.717) is 5.92 Å². The molecule has 0 saturated heterocycles. The molecule has 1 saturated carbocycles. The topological polar surface area (TPSA) is 20.2 Å². The normalized spacial score (nSPS) is 33.6. The van der Waals surface area contributed by atoms with Crippen LogP contribution in [-0.2, 0) is 0 Å². The Hall–Kier alpha value is -0.480. The molecule has 13 heavy (non-hydrogen) atoms. The zero-order valence-corrected chi connectivity index (χ0v) is 8.77. The Morgan fingerprint density at radius 3 is 2.85 bits per heavy atom. The molecule has 2 atom stereocenters. The average Bonchev–Trinajstić information content (AvgIpc) is 2.08. The maximum atomic E-state index is 10.1. The highest BCUT2D eigenvalue weighted by atomic mass is 16.3. The van der Waals surface area contributed by atoms with E-state index in [1.165, 1.54) is 19.3 Å². The summed E-state index contributed by atoms with van der Waals surface area (Å²) in [6.07, 6.45) is 6.62. The van der Waals surface area contributed by atoms with Crippen LogP contribution in [0.5, 0.6) is 0 Å². The van der Waals surface area contributed by atoms with Gasteiger partial charge in [-0.1, -0.05) is 12.8 Å². The zero-order chi connectivity index (χ0) is 9.73. The Labute approximate surface area is 81.5 Å². The quantitative estimate of drug-likeness (QED) is 0.648. The first-order valence-corrected chi connectivity index (χ1v) is 5.29. The molecule has 0 unspecified atom stereocenters. The Bertz CT molecular complexity index is 207. The first kappa shape index (κ1) is 10.6. The minimum atomic E-state index is -0.423. The van der Waals surface area contributed by atoms with Gasteiger partial charge < -0.3 is 5.11 Å². The molecule has 0 spiro atoms. The average molecular weight is 180 g/mol. The summed E-state index contributed by atoms with van der Waals surface area (Å²) >= 11 is 0. The lowest BCUT2D eigenvalue weighted by Gasteiger charge is -2.36. The lowest BCUT2D eigenvalue weighted by Crippen LogP contribution is -2.37. The van der Waals surface area contributed by atoms with Crippen molar-refractivity contribution in [1.29, 1.82) is 0 Å². The fourth-order valence-electron chi connectivity index (χ4n) is 2.22. The van der Waals surface area contributed by atoms with Gasteiger partial charge in [-0.15, -0.1) is 11.8 Å². The molecule has 0 aliphatic heterocycles. The molecule has 1 rings (SSSR count). The standard InChI is InChI=1S/C12H20O/c1-3-4-5-8-11-9-6-7-10-12(11,2)13/h11,13H,5-10H2,1-2H3/t11-,12-/m1/s1. The van der Waals surface area contributed by atoms with Crippen LogP contribution in [0.15, 0.2) is 0 Å². The molecule has 1 aliphatic rings. The predicted octanol–water partition coefficient (Wildman–Crippen LogP) is 2.73. The van der Waals surface area contributed by atoms with Gasteiger partial charge in [0, 0.05) is 6.42 Å². The van der Waals surface area contributed by atoms with Crippen LogP contribution in [0.25, 0.3) is 0 Å².